The first-order chi connectivity index (χ1) is 11.8. The van der Waals surface area contributed by atoms with E-state index in [1.807, 2.05) is 24.5 Å². The van der Waals surface area contributed by atoms with Gasteiger partial charge in [0.25, 0.3) is 0 Å². The maximum absolute atomic E-state index is 13.0. The highest BCUT2D eigenvalue weighted by Gasteiger charge is 2.19. The van der Waals surface area contributed by atoms with Gasteiger partial charge in [0.15, 0.2) is 5.78 Å². The zero-order valence-electron chi connectivity index (χ0n) is 14.8. The number of ether oxygens (including phenoxy) is 1. The van der Waals surface area contributed by atoms with Gasteiger partial charge in [0.1, 0.15) is 11.1 Å². The van der Waals surface area contributed by atoms with Gasteiger partial charge in [0, 0.05) is 23.5 Å². The molecule has 1 aromatic carbocycles. The van der Waals surface area contributed by atoms with E-state index in [0.717, 1.165) is 17.0 Å². The second-order valence-corrected chi connectivity index (χ2v) is 7.23. The molecule has 134 valence electrons. The van der Waals surface area contributed by atoms with Crippen molar-refractivity contribution in [3.05, 3.63) is 58.7 Å². The zero-order valence-corrected chi connectivity index (χ0v) is 15.7. The molecule has 1 heterocycles. The first-order valence-corrected chi connectivity index (χ1v) is 9.02. The molecule has 2 aromatic rings. The lowest BCUT2D eigenvalue weighted by molar-refractivity contribution is -0.139. The molecule has 25 heavy (non-hydrogen) atoms. The van der Waals surface area contributed by atoms with Crippen LogP contribution in [-0.2, 0) is 16.1 Å². The van der Waals surface area contributed by atoms with Crippen LogP contribution in [0.2, 0.25) is 0 Å². The minimum Gasteiger partial charge on any atom is -0.468 e. The molecule has 0 aliphatic heterocycles. The van der Waals surface area contributed by atoms with Crippen molar-refractivity contribution in [3.63, 3.8) is 0 Å². The predicted molar refractivity (Wildman–Crippen MR) is 97.7 cm³/mol. The lowest BCUT2D eigenvalue weighted by atomic mass is 10.2. The summed E-state index contributed by atoms with van der Waals surface area (Å²) in [4.78, 5) is 23.9. The van der Waals surface area contributed by atoms with E-state index in [-0.39, 0.29) is 28.6 Å². The number of hydrogen-bond donors (Lipinski definition) is 0. The van der Waals surface area contributed by atoms with E-state index >= 15 is 0 Å². The summed E-state index contributed by atoms with van der Waals surface area (Å²) in [6.45, 7) is 6.15. The molecule has 4 nitrogen and oxygen atoms in total. The van der Waals surface area contributed by atoms with E-state index in [0.29, 0.717) is 12.1 Å². The lowest BCUT2D eigenvalue weighted by Crippen LogP contribution is -2.17. The third kappa shape index (κ3) is 4.72. The normalized spacial score (nSPS) is 12.0. The summed E-state index contributed by atoms with van der Waals surface area (Å²) < 4.78 is 19.7. The molecule has 2 rings (SSSR count). The van der Waals surface area contributed by atoms with Crippen molar-refractivity contribution in [2.75, 3.05) is 12.9 Å². The Bertz CT molecular complexity index is 768. The third-order valence-electron chi connectivity index (χ3n) is 4.13. The molecule has 0 saturated carbocycles. The van der Waals surface area contributed by atoms with Gasteiger partial charge in [-0.2, -0.15) is 0 Å². The van der Waals surface area contributed by atoms with Crippen molar-refractivity contribution in [1.29, 1.82) is 0 Å². The maximum Gasteiger partial charge on any atom is 0.318 e. The zero-order chi connectivity index (χ0) is 18.6. The average Bonchev–Trinajstić information content (AvgIpc) is 2.88. The van der Waals surface area contributed by atoms with Crippen molar-refractivity contribution in [2.24, 2.45) is 0 Å². The van der Waals surface area contributed by atoms with Gasteiger partial charge in [-0.15, -0.1) is 11.8 Å². The number of halogens is 1. The van der Waals surface area contributed by atoms with E-state index in [1.165, 1.54) is 31.0 Å². The fourth-order valence-electron chi connectivity index (χ4n) is 2.61. The summed E-state index contributed by atoms with van der Waals surface area (Å²) in [5, 5.41) is -0.378. The number of Topliss-reactive ketones (excluding diaryl/α,β-unsaturated/α-hetero) is 1. The molecule has 1 aromatic heterocycles. The van der Waals surface area contributed by atoms with E-state index in [9.17, 15) is 14.0 Å². The second-order valence-electron chi connectivity index (χ2n) is 5.90. The molecule has 0 radical (unpaired) electrons. The number of nitrogens with zero attached hydrogens (tertiary/aromatic N) is 1. The monoisotopic (exact) mass is 363 g/mol. The van der Waals surface area contributed by atoms with Gasteiger partial charge in [-0.1, -0.05) is 12.1 Å². The molecule has 0 fully saturated rings. The molecule has 0 saturated heterocycles. The highest BCUT2D eigenvalue weighted by Crippen LogP contribution is 2.21. The topological polar surface area (TPSA) is 48.3 Å². The van der Waals surface area contributed by atoms with Crippen molar-refractivity contribution in [2.45, 2.75) is 32.6 Å². The lowest BCUT2D eigenvalue weighted by Gasteiger charge is -2.11. The number of aryl methyl sites for hydroxylation is 1. The quantitative estimate of drug-likeness (QED) is 0.555. The van der Waals surface area contributed by atoms with Crippen LogP contribution < -0.4 is 0 Å². The molecule has 1 unspecified atom stereocenters. The number of aromatic nitrogens is 1. The van der Waals surface area contributed by atoms with Crippen molar-refractivity contribution >= 4 is 23.5 Å². The van der Waals surface area contributed by atoms with Gasteiger partial charge in [0.2, 0.25) is 0 Å². The van der Waals surface area contributed by atoms with Gasteiger partial charge in [-0.3, -0.25) is 9.59 Å². The summed E-state index contributed by atoms with van der Waals surface area (Å²) in [7, 11) is 1.34. The highest BCUT2D eigenvalue weighted by molar-refractivity contribution is 8.01. The molecule has 0 aliphatic carbocycles. The number of ketones is 1. The van der Waals surface area contributed by atoms with Crippen LogP contribution in [0.5, 0.6) is 0 Å². The van der Waals surface area contributed by atoms with Crippen molar-refractivity contribution in [3.8, 4) is 0 Å². The second kappa shape index (κ2) is 8.34. The molecule has 0 spiro atoms. The van der Waals surface area contributed by atoms with Crippen LogP contribution in [0, 0.1) is 19.7 Å². The Morgan fingerprint density at radius 2 is 1.88 bits per heavy atom. The summed E-state index contributed by atoms with van der Waals surface area (Å²) in [5.41, 5.74) is 3.47. The number of hydrogen-bond acceptors (Lipinski definition) is 4. The van der Waals surface area contributed by atoms with Gasteiger partial charge in [0.05, 0.1) is 12.9 Å². The van der Waals surface area contributed by atoms with Crippen LogP contribution >= 0.6 is 11.8 Å². The molecular formula is C19H22FNO3S. The Morgan fingerprint density at radius 1 is 1.24 bits per heavy atom. The Balaban J connectivity index is 2.11. The Morgan fingerprint density at radius 3 is 2.48 bits per heavy atom. The number of carbonyl (C=O) groups is 2. The summed E-state index contributed by atoms with van der Waals surface area (Å²) in [5.74, 6) is -0.395. The first-order valence-electron chi connectivity index (χ1n) is 7.97. The SMILES string of the molecule is COC(=O)C(C)SCC(=O)c1cc(C)n(Cc2ccc(F)cc2)c1C. The molecule has 0 bridgehead atoms. The number of thioether (sulfide) groups is 1. The smallest absolute Gasteiger partial charge is 0.318 e. The van der Waals surface area contributed by atoms with Crippen LogP contribution in [0.1, 0.15) is 34.2 Å². The van der Waals surface area contributed by atoms with Gasteiger partial charge in [-0.05, 0) is 44.5 Å². The number of benzene rings is 1. The fraction of sp³-hybridized carbons (Fsp3) is 0.368. The van der Waals surface area contributed by atoms with E-state index in [4.69, 9.17) is 0 Å². The number of methoxy groups -OCH3 is 1. The van der Waals surface area contributed by atoms with Crippen LogP contribution in [0.25, 0.3) is 0 Å². The standard InChI is InChI=1S/C19H22FNO3S/c1-12-9-17(18(22)11-25-14(3)19(23)24-4)13(2)21(12)10-15-5-7-16(20)8-6-15/h5-9,14H,10-11H2,1-4H3. The van der Waals surface area contributed by atoms with Crippen LogP contribution in [0.15, 0.2) is 30.3 Å². The van der Waals surface area contributed by atoms with E-state index in [2.05, 4.69) is 4.74 Å². The Kier molecular flexibility index (Phi) is 6.42. The van der Waals surface area contributed by atoms with Crippen molar-refractivity contribution < 1.29 is 18.7 Å². The molecule has 6 heteroatoms. The van der Waals surface area contributed by atoms with Gasteiger partial charge in [-0.25, -0.2) is 4.39 Å². The molecular weight excluding hydrogens is 341 g/mol. The molecule has 0 amide bonds. The fourth-order valence-corrected chi connectivity index (χ4v) is 3.40. The molecule has 0 N–H and O–H groups in total. The number of carbonyl (C=O) groups excluding carboxylic acids is 2. The van der Waals surface area contributed by atoms with E-state index in [1.54, 1.807) is 19.1 Å². The third-order valence-corrected chi connectivity index (χ3v) is 5.25. The predicted octanol–water partition coefficient (Wildman–Crippen LogP) is 3.77. The van der Waals surface area contributed by atoms with Crippen LogP contribution in [0.3, 0.4) is 0 Å². The van der Waals surface area contributed by atoms with Gasteiger partial charge >= 0.3 is 5.97 Å². The average molecular weight is 363 g/mol. The summed E-state index contributed by atoms with van der Waals surface area (Å²) >= 11 is 1.27. The van der Waals surface area contributed by atoms with E-state index < -0.39 is 0 Å². The van der Waals surface area contributed by atoms with Gasteiger partial charge < -0.3 is 9.30 Å². The molecule has 1 atom stereocenters. The minimum absolute atomic E-state index is 0.0146. The van der Waals surface area contributed by atoms with Crippen LogP contribution in [0.4, 0.5) is 4.39 Å². The largest absolute Gasteiger partial charge is 0.468 e. The highest BCUT2D eigenvalue weighted by atomic mass is 32.2. The Hall–Kier alpha value is -2.08. The summed E-state index contributed by atoms with van der Waals surface area (Å²) in [6.07, 6.45) is 0. The molecule has 0 aliphatic rings. The first kappa shape index (κ1) is 19.2. The van der Waals surface area contributed by atoms with Crippen LogP contribution in [-0.4, -0.2) is 34.4 Å². The van der Waals surface area contributed by atoms with Crippen molar-refractivity contribution in [1.82, 2.24) is 4.57 Å². The maximum atomic E-state index is 13.0. The number of esters is 1. The number of rotatable bonds is 7. The Labute approximate surface area is 151 Å². The minimum atomic E-state index is -0.378. The summed E-state index contributed by atoms with van der Waals surface area (Å²) in [6, 6.07) is 8.21.